The van der Waals surface area contributed by atoms with Gasteiger partial charge in [0.05, 0.1) is 4.88 Å². The largest absolute Gasteiger partial charge is 0.338 e. The van der Waals surface area contributed by atoms with E-state index in [2.05, 4.69) is 40.0 Å². The first-order valence-corrected chi connectivity index (χ1v) is 7.45. The first-order valence-electron chi connectivity index (χ1n) is 6.64. The number of aromatic nitrogens is 3. The van der Waals surface area contributed by atoms with Crippen LogP contribution in [0.3, 0.4) is 0 Å². The lowest BCUT2D eigenvalue weighted by Crippen LogP contribution is -2.43. The molecule has 102 valence electrons. The molecule has 0 spiro atoms. The highest BCUT2D eigenvalue weighted by molar-refractivity contribution is 7.15. The lowest BCUT2D eigenvalue weighted by atomic mass is 10.1. The fraction of sp³-hybridized carbons (Fsp3) is 0.538. The van der Waals surface area contributed by atoms with Gasteiger partial charge in [-0.15, -0.1) is 16.4 Å². The third kappa shape index (κ3) is 2.50. The summed E-state index contributed by atoms with van der Waals surface area (Å²) in [6, 6.07) is 2.40. The summed E-state index contributed by atoms with van der Waals surface area (Å²) >= 11 is 1.75. The molecule has 3 N–H and O–H groups in total. The monoisotopic (exact) mass is 277 g/mol. The molecule has 6 heteroatoms. The first-order chi connectivity index (χ1) is 9.13. The van der Waals surface area contributed by atoms with Crippen LogP contribution in [0.5, 0.6) is 0 Å². The molecule has 0 aliphatic carbocycles. The minimum atomic E-state index is 0.238. The van der Waals surface area contributed by atoms with Crippen molar-refractivity contribution in [1.82, 2.24) is 15.2 Å². The summed E-state index contributed by atoms with van der Waals surface area (Å²) in [5.41, 5.74) is 7.30. The fourth-order valence-corrected chi connectivity index (χ4v) is 3.36. The van der Waals surface area contributed by atoms with Crippen LogP contribution in [-0.2, 0) is 0 Å². The maximum atomic E-state index is 6.00. The van der Waals surface area contributed by atoms with Gasteiger partial charge in [0, 0.05) is 24.0 Å². The summed E-state index contributed by atoms with van der Waals surface area (Å²) in [6.45, 7) is 6.09. The average Bonchev–Trinajstić information content (AvgIpc) is 2.97. The van der Waals surface area contributed by atoms with Crippen LogP contribution in [0.2, 0.25) is 0 Å². The molecule has 0 bridgehead atoms. The number of nitrogens with zero attached hydrogens (tertiary/aromatic N) is 3. The predicted molar refractivity (Wildman–Crippen MR) is 78.6 cm³/mol. The number of hydrogen-bond donors (Lipinski definition) is 2. The van der Waals surface area contributed by atoms with Crippen LogP contribution in [0.1, 0.15) is 23.3 Å². The summed E-state index contributed by atoms with van der Waals surface area (Å²) < 4.78 is 0. The Morgan fingerprint density at radius 1 is 1.47 bits per heavy atom. The quantitative estimate of drug-likeness (QED) is 0.881. The van der Waals surface area contributed by atoms with Crippen molar-refractivity contribution >= 4 is 17.3 Å². The lowest BCUT2D eigenvalue weighted by Gasteiger charge is -2.29. The Balaban J connectivity index is 1.82. The van der Waals surface area contributed by atoms with E-state index < -0.39 is 0 Å². The highest BCUT2D eigenvalue weighted by Gasteiger charge is 2.20. The summed E-state index contributed by atoms with van der Waals surface area (Å²) in [5.74, 6) is 1.63. The number of aryl methyl sites for hydroxylation is 2. The highest BCUT2D eigenvalue weighted by atomic mass is 32.1. The van der Waals surface area contributed by atoms with Gasteiger partial charge in [-0.3, -0.25) is 5.10 Å². The highest BCUT2D eigenvalue weighted by Crippen LogP contribution is 2.29. The second-order valence-electron chi connectivity index (χ2n) is 5.18. The molecule has 1 aliphatic heterocycles. The van der Waals surface area contributed by atoms with E-state index >= 15 is 0 Å². The van der Waals surface area contributed by atoms with Gasteiger partial charge < -0.3 is 10.6 Å². The van der Waals surface area contributed by atoms with E-state index in [1.54, 1.807) is 11.3 Å². The lowest BCUT2D eigenvalue weighted by molar-refractivity contribution is 0.500. The first kappa shape index (κ1) is 12.6. The second-order valence-corrected chi connectivity index (χ2v) is 6.44. The molecule has 1 saturated heterocycles. The van der Waals surface area contributed by atoms with Crippen LogP contribution < -0.4 is 10.6 Å². The number of anilines is 1. The van der Waals surface area contributed by atoms with E-state index in [4.69, 9.17) is 5.73 Å². The normalized spacial score (nSPS) is 19.9. The molecular weight excluding hydrogens is 258 g/mol. The molecule has 2 aromatic heterocycles. The number of thiophene rings is 1. The molecule has 1 aliphatic rings. The SMILES string of the molecule is Cc1cc(-c2nc(N3CCCC(N)C3)n[nH]2)sc1C. The van der Waals surface area contributed by atoms with Crippen molar-refractivity contribution < 1.29 is 0 Å². The number of piperidine rings is 1. The molecule has 0 aromatic carbocycles. The van der Waals surface area contributed by atoms with Crippen LogP contribution in [0.4, 0.5) is 5.95 Å². The number of H-pyrrole nitrogens is 1. The molecule has 3 heterocycles. The summed E-state index contributed by atoms with van der Waals surface area (Å²) in [7, 11) is 0. The Morgan fingerprint density at radius 2 is 2.32 bits per heavy atom. The summed E-state index contributed by atoms with van der Waals surface area (Å²) in [4.78, 5) is 9.25. The summed E-state index contributed by atoms with van der Waals surface area (Å²) in [5, 5.41) is 7.37. The Kier molecular flexibility index (Phi) is 3.28. The van der Waals surface area contributed by atoms with E-state index in [1.165, 1.54) is 10.4 Å². The second kappa shape index (κ2) is 4.94. The van der Waals surface area contributed by atoms with Gasteiger partial charge in [-0.25, -0.2) is 0 Å². The van der Waals surface area contributed by atoms with Gasteiger partial charge in [-0.1, -0.05) is 0 Å². The van der Waals surface area contributed by atoms with E-state index in [0.29, 0.717) is 0 Å². The van der Waals surface area contributed by atoms with Gasteiger partial charge in [0.2, 0.25) is 5.95 Å². The molecule has 1 atom stereocenters. The van der Waals surface area contributed by atoms with Gasteiger partial charge in [-0.2, -0.15) is 4.98 Å². The van der Waals surface area contributed by atoms with Crippen LogP contribution in [0.15, 0.2) is 6.07 Å². The zero-order valence-corrected chi connectivity index (χ0v) is 12.1. The molecule has 0 radical (unpaired) electrons. The third-order valence-electron chi connectivity index (χ3n) is 3.61. The maximum Gasteiger partial charge on any atom is 0.245 e. The third-order valence-corrected chi connectivity index (χ3v) is 4.77. The van der Waals surface area contributed by atoms with Gasteiger partial charge in [0.25, 0.3) is 0 Å². The number of nitrogens with one attached hydrogen (secondary N) is 1. The van der Waals surface area contributed by atoms with Crippen LogP contribution >= 0.6 is 11.3 Å². The number of nitrogens with two attached hydrogens (primary N) is 1. The molecule has 1 fully saturated rings. The Hall–Kier alpha value is -1.40. The standard InChI is InChI=1S/C13H19N5S/c1-8-6-11(19-9(8)2)12-15-13(17-16-12)18-5-3-4-10(14)7-18/h6,10H,3-5,7,14H2,1-2H3,(H,15,16,17). The molecule has 19 heavy (non-hydrogen) atoms. The van der Waals surface area contributed by atoms with Crippen molar-refractivity contribution in [2.45, 2.75) is 32.7 Å². The van der Waals surface area contributed by atoms with Crippen LogP contribution in [0, 0.1) is 13.8 Å². The zero-order chi connectivity index (χ0) is 13.4. The van der Waals surface area contributed by atoms with E-state index in [0.717, 1.165) is 42.6 Å². The van der Waals surface area contributed by atoms with Crippen molar-refractivity contribution in [1.29, 1.82) is 0 Å². The smallest absolute Gasteiger partial charge is 0.245 e. The molecule has 2 aromatic rings. The Bertz CT molecular complexity index is 554. The molecule has 3 rings (SSSR count). The summed E-state index contributed by atoms with van der Waals surface area (Å²) in [6.07, 6.45) is 2.21. The van der Waals surface area contributed by atoms with Crippen molar-refractivity contribution in [2.24, 2.45) is 5.73 Å². The average molecular weight is 277 g/mol. The van der Waals surface area contributed by atoms with Crippen LogP contribution in [0.25, 0.3) is 10.7 Å². The van der Waals surface area contributed by atoms with Gasteiger partial charge in [0.1, 0.15) is 0 Å². The maximum absolute atomic E-state index is 6.00. The van der Waals surface area contributed by atoms with Gasteiger partial charge in [0.15, 0.2) is 5.82 Å². The molecular formula is C13H19N5S. The number of rotatable bonds is 2. The molecule has 1 unspecified atom stereocenters. The minimum Gasteiger partial charge on any atom is -0.338 e. The fourth-order valence-electron chi connectivity index (χ4n) is 2.39. The Labute approximate surface area is 116 Å². The van der Waals surface area contributed by atoms with Crippen molar-refractivity contribution in [2.75, 3.05) is 18.0 Å². The topological polar surface area (TPSA) is 70.8 Å². The molecule has 5 nitrogen and oxygen atoms in total. The van der Waals surface area contributed by atoms with Crippen LogP contribution in [-0.4, -0.2) is 34.3 Å². The van der Waals surface area contributed by atoms with Gasteiger partial charge in [-0.05, 0) is 38.3 Å². The zero-order valence-electron chi connectivity index (χ0n) is 11.3. The minimum absolute atomic E-state index is 0.238. The number of aromatic amines is 1. The van der Waals surface area contributed by atoms with E-state index in [-0.39, 0.29) is 6.04 Å². The van der Waals surface area contributed by atoms with E-state index in [9.17, 15) is 0 Å². The van der Waals surface area contributed by atoms with Gasteiger partial charge >= 0.3 is 0 Å². The Morgan fingerprint density at radius 3 is 3.00 bits per heavy atom. The number of hydrogen-bond acceptors (Lipinski definition) is 5. The molecule has 0 amide bonds. The molecule has 0 saturated carbocycles. The van der Waals surface area contributed by atoms with Crippen molar-refractivity contribution in [3.63, 3.8) is 0 Å². The predicted octanol–water partition coefficient (Wildman–Crippen LogP) is 2.08. The van der Waals surface area contributed by atoms with E-state index in [1.807, 2.05) is 0 Å². The van der Waals surface area contributed by atoms with Crippen molar-refractivity contribution in [3.05, 3.63) is 16.5 Å². The van der Waals surface area contributed by atoms with Crippen molar-refractivity contribution in [3.8, 4) is 10.7 Å².